The fourth-order valence-electron chi connectivity index (χ4n) is 4.40. The van der Waals surface area contributed by atoms with Crippen LogP contribution in [0.2, 0.25) is 0 Å². The molecule has 7 heteroatoms. The SMILES string of the molecule is CCCCN(O)C(=O)OC1CCC(CNC(=O)c2ccccc2OC)(c2ccccc2)CC1. The number of ether oxygens (including phenoxy) is 2. The van der Waals surface area contributed by atoms with Crippen LogP contribution in [-0.2, 0) is 10.2 Å². The van der Waals surface area contributed by atoms with E-state index in [9.17, 15) is 14.8 Å². The highest BCUT2D eigenvalue weighted by Gasteiger charge is 2.38. The van der Waals surface area contributed by atoms with Gasteiger partial charge in [-0.05, 0) is 49.8 Å². The number of methoxy groups -OCH3 is 1. The molecule has 0 saturated heterocycles. The third-order valence-corrected chi connectivity index (χ3v) is 6.42. The summed E-state index contributed by atoms with van der Waals surface area (Å²) < 4.78 is 10.9. The molecule has 2 amide bonds. The maximum Gasteiger partial charge on any atom is 0.434 e. The number of para-hydroxylation sites is 1. The molecule has 1 saturated carbocycles. The summed E-state index contributed by atoms with van der Waals surface area (Å²) in [6.45, 7) is 2.73. The van der Waals surface area contributed by atoms with Gasteiger partial charge in [0.2, 0.25) is 0 Å². The lowest BCUT2D eigenvalue weighted by Crippen LogP contribution is -2.45. The molecule has 2 aromatic carbocycles. The normalized spacial score (nSPS) is 20.0. The van der Waals surface area contributed by atoms with Gasteiger partial charge in [0.1, 0.15) is 11.9 Å². The Morgan fingerprint density at radius 2 is 1.76 bits per heavy atom. The summed E-state index contributed by atoms with van der Waals surface area (Å²) in [5.41, 5.74) is 1.39. The molecule has 1 aliphatic carbocycles. The number of benzene rings is 2. The van der Waals surface area contributed by atoms with Crippen molar-refractivity contribution < 1.29 is 24.3 Å². The minimum Gasteiger partial charge on any atom is -0.496 e. The van der Waals surface area contributed by atoms with E-state index >= 15 is 0 Å². The molecule has 0 aromatic heterocycles. The molecule has 3 rings (SSSR count). The van der Waals surface area contributed by atoms with Crippen molar-refractivity contribution in [2.45, 2.75) is 57.0 Å². The zero-order valence-electron chi connectivity index (χ0n) is 19.5. The van der Waals surface area contributed by atoms with Gasteiger partial charge >= 0.3 is 6.09 Å². The quantitative estimate of drug-likeness (QED) is 0.414. The summed E-state index contributed by atoms with van der Waals surface area (Å²) in [7, 11) is 1.55. The van der Waals surface area contributed by atoms with Crippen LogP contribution in [0.25, 0.3) is 0 Å². The number of rotatable bonds is 9. The van der Waals surface area contributed by atoms with E-state index in [1.807, 2.05) is 37.3 Å². The Labute approximate surface area is 195 Å². The van der Waals surface area contributed by atoms with Crippen LogP contribution in [0, 0.1) is 0 Å². The molecule has 0 radical (unpaired) electrons. The Kier molecular flexibility index (Phi) is 8.72. The van der Waals surface area contributed by atoms with Gasteiger partial charge in [-0.25, -0.2) is 4.79 Å². The maximum absolute atomic E-state index is 12.9. The highest BCUT2D eigenvalue weighted by molar-refractivity contribution is 5.96. The molecule has 0 aliphatic heterocycles. The summed E-state index contributed by atoms with van der Waals surface area (Å²) in [6, 6.07) is 17.3. The van der Waals surface area contributed by atoms with Crippen molar-refractivity contribution >= 4 is 12.0 Å². The molecule has 7 nitrogen and oxygen atoms in total. The van der Waals surface area contributed by atoms with E-state index < -0.39 is 6.09 Å². The van der Waals surface area contributed by atoms with E-state index in [4.69, 9.17) is 9.47 Å². The fraction of sp³-hybridized carbons (Fsp3) is 0.462. The van der Waals surface area contributed by atoms with Crippen LogP contribution >= 0.6 is 0 Å². The van der Waals surface area contributed by atoms with E-state index in [0.29, 0.717) is 35.8 Å². The smallest absolute Gasteiger partial charge is 0.434 e. The van der Waals surface area contributed by atoms with Crippen molar-refractivity contribution in [1.82, 2.24) is 10.4 Å². The standard InChI is InChI=1S/C26H34N2O5/c1-3-4-18-28(31)25(30)33-21-14-16-26(17-15-21,20-10-6-5-7-11-20)19-27-24(29)22-12-8-9-13-23(22)32-2/h5-13,21,31H,3-4,14-19H2,1-2H3,(H,27,29). The Balaban J connectivity index is 1.67. The third-order valence-electron chi connectivity index (χ3n) is 6.42. The molecule has 0 bridgehead atoms. The van der Waals surface area contributed by atoms with Gasteiger partial charge in [0.05, 0.1) is 19.2 Å². The first-order chi connectivity index (χ1) is 16.0. The van der Waals surface area contributed by atoms with Crippen LogP contribution in [0.4, 0.5) is 4.79 Å². The number of carbonyl (C=O) groups excluding carboxylic acids is 2. The Bertz CT molecular complexity index is 910. The molecule has 1 aliphatic rings. The Hall–Kier alpha value is -3.06. The average molecular weight is 455 g/mol. The lowest BCUT2D eigenvalue weighted by atomic mass is 9.68. The van der Waals surface area contributed by atoms with E-state index in [1.165, 1.54) is 0 Å². The topological polar surface area (TPSA) is 88.1 Å². The van der Waals surface area contributed by atoms with E-state index in [1.54, 1.807) is 19.2 Å². The van der Waals surface area contributed by atoms with E-state index in [0.717, 1.165) is 31.2 Å². The number of nitrogens with one attached hydrogen (secondary N) is 1. The third kappa shape index (κ3) is 6.26. The largest absolute Gasteiger partial charge is 0.496 e. The number of hydrogen-bond donors (Lipinski definition) is 2. The Morgan fingerprint density at radius 3 is 2.42 bits per heavy atom. The van der Waals surface area contributed by atoms with Crippen molar-refractivity contribution in [3.63, 3.8) is 0 Å². The van der Waals surface area contributed by atoms with Crippen LogP contribution in [0.5, 0.6) is 5.75 Å². The molecule has 0 spiro atoms. The highest BCUT2D eigenvalue weighted by atomic mass is 16.6. The van der Waals surface area contributed by atoms with Crippen molar-refractivity contribution in [2.75, 3.05) is 20.2 Å². The van der Waals surface area contributed by atoms with Crippen molar-refractivity contribution in [1.29, 1.82) is 0 Å². The fourth-order valence-corrected chi connectivity index (χ4v) is 4.40. The summed E-state index contributed by atoms with van der Waals surface area (Å²) in [5, 5.41) is 13.6. The molecular formula is C26H34N2O5. The number of hydroxylamine groups is 2. The minimum atomic E-state index is -0.690. The average Bonchev–Trinajstić information content (AvgIpc) is 2.87. The summed E-state index contributed by atoms with van der Waals surface area (Å²) >= 11 is 0. The molecule has 178 valence electrons. The Morgan fingerprint density at radius 1 is 1.09 bits per heavy atom. The molecule has 0 unspecified atom stereocenters. The van der Waals surface area contributed by atoms with Gasteiger partial charge in [-0.15, -0.1) is 0 Å². The molecular weight excluding hydrogens is 420 g/mol. The number of unbranched alkanes of at least 4 members (excludes halogenated alkanes) is 1. The van der Waals surface area contributed by atoms with Gasteiger partial charge in [-0.2, -0.15) is 5.06 Å². The lowest BCUT2D eigenvalue weighted by Gasteiger charge is -2.40. The molecule has 33 heavy (non-hydrogen) atoms. The number of amides is 2. The summed E-state index contributed by atoms with van der Waals surface area (Å²) in [5.74, 6) is 0.360. The maximum atomic E-state index is 12.9. The number of hydrogen-bond acceptors (Lipinski definition) is 5. The number of carbonyl (C=O) groups is 2. The molecule has 2 N–H and O–H groups in total. The molecule has 2 aromatic rings. The van der Waals surface area contributed by atoms with Crippen molar-refractivity contribution in [3.8, 4) is 5.75 Å². The van der Waals surface area contributed by atoms with Gasteiger partial charge < -0.3 is 14.8 Å². The van der Waals surface area contributed by atoms with Crippen molar-refractivity contribution in [3.05, 3.63) is 65.7 Å². The van der Waals surface area contributed by atoms with Gasteiger partial charge in [0.25, 0.3) is 5.91 Å². The van der Waals surface area contributed by atoms with Crippen molar-refractivity contribution in [2.24, 2.45) is 0 Å². The lowest BCUT2D eigenvalue weighted by molar-refractivity contribution is -0.0885. The molecule has 0 atom stereocenters. The number of nitrogens with zero attached hydrogens (tertiary/aromatic N) is 1. The minimum absolute atomic E-state index is 0.178. The predicted octanol–water partition coefficient (Wildman–Crippen LogP) is 4.93. The van der Waals surface area contributed by atoms with Gasteiger partial charge in [-0.3, -0.25) is 10.0 Å². The zero-order chi connectivity index (χ0) is 23.7. The second-order valence-electron chi connectivity index (χ2n) is 8.59. The first-order valence-electron chi connectivity index (χ1n) is 11.6. The van der Waals surface area contributed by atoms with Crippen LogP contribution in [0.1, 0.15) is 61.4 Å². The highest BCUT2D eigenvalue weighted by Crippen LogP contribution is 2.40. The second kappa shape index (κ2) is 11.7. The second-order valence-corrected chi connectivity index (χ2v) is 8.59. The summed E-state index contributed by atoms with van der Waals surface area (Å²) in [4.78, 5) is 25.1. The predicted molar refractivity (Wildman–Crippen MR) is 126 cm³/mol. The summed E-state index contributed by atoms with van der Waals surface area (Å²) in [6.07, 6.45) is 3.48. The molecule has 0 heterocycles. The monoisotopic (exact) mass is 454 g/mol. The van der Waals surface area contributed by atoms with Crippen LogP contribution in [-0.4, -0.2) is 48.6 Å². The zero-order valence-corrected chi connectivity index (χ0v) is 19.5. The van der Waals surface area contributed by atoms with Gasteiger partial charge in [0, 0.05) is 12.0 Å². The van der Waals surface area contributed by atoms with Crippen LogP contribution in [0.3, 0.4) is 0 Å². The van der Waals surface area contributed by atoms with Crippen LogP contribution < -0.4 is 10.1 Å². The van der Waals surface area contributed by atoms with E-state index in [-0.39, 0.29) is 24.0 Å². The van der Waals surface area contributed by atoms with Crippen LogP contribution in [0.15, 0.2) is 54.6 Å². The van der Waals surface area contributed by atoms with Gasteiger partial charge in [-0.1, -0.05) is 55.8 Å². The first-order valence-corrected chi connectivity index (χ1v) is 11.6. The van der Waals surface area contributed by atoms with E-state index in [2.05, 4.69) is 17.4 Å². The van der Waals surface area contributed by atoms with Gasteiger partial charge in [0.15, 0.2) is 0 Å². The molecule has 1 fully saturated rings. The first kappa shape index (κ1) is 24.6.